The SMILES string of the molecule is CC(=O)C[C@@H](C)CCC=O. The van der Waals surface area contributed by atoms with E-state index in [-0.39, 0.29) is 5.78 Å². The van der Waals surface area contributed by atoms with Gasteiger partial charge in [0.05, 0.1) is 0 Å². The lowest BCUT2D eigenvalue weighted by atomic mass is 10.0. The van der Waals surface area contributed by atoms with Crippen LogP contribution in [-0.2, 0) is 9.59 Å². The largest absolute Gasteiger partial charge is 0.303 e. The third-order valence-corrected chi connectivity index (χ3v) is 1.41. The van der Waals surface area contributed by atoms with E-state index in [0.29, 0.717) is 18.8 Å². The Morgan fingerprint density at radius 1 is 1.60 bits per heavy atom. The normalized spacial score (nSPS) is 12.6. The zero-order chi connectivity index (χ0) is 7.98. The highest BCUT2D eigenvalue weighted by Crippen LogP contribution is 2.08. The van der Waals surface area contributed by atoms with Gasteiger partial charge in [-0.25, -0.2) is 0 Å². The van der Waals surface area contributed by atoms with Gasteiger partial charge in [-0.05, 0) is 19.3 Å². The molecule has 0 spiro atoms. The Morgan fingerprint density at radius 2 is 2.20 bits per heavy atom. The molecular formula is C8H14O2. The van der Waals surface area contributed by atoms with Crippen LogP contribution in [0, 0.1) is 5.92 Å². The fourth-order valence-electron chi connectivity index (χ4n) is 0.945. The molecule has 0 aliphatic carbocycles. The van der Waals surface area contributed by atoms with Gasteiger partial charge in [0.1, 0.15) is 12.1 Å². The van der Waals surface area contributed by atoms with Crippen molar-refractivity contribution in [2.75, 3.05) is 0 Å². The van der Waals surface area contributed by atoms with Gasteiger partial charge in [-0.15, -0.1) is 0 Å². The van der Waals surface area contributed by atoms with Gasteiger partial charge in [0, 0.05) is 12.8 Å². The summed E-state index contributed by atoms with van der Waals surface area (Å²) in [6.07, 6.45) is 2.92. The van der Waals surface area contributed by atoms with Crippen LogP contribution in [0.1, 0.15) is 33.1 Å². The van der Waals surface area contributed by atoms with Crippen molar-refractivity contribution in [3.05, 3.63) is 0 Å². The van der Waals surface area contributed by atoms with E-state index >= 15 is 0 Å². The first-order valence-corrected chi connectivity index (χ1v) is 3.60. The summed E-state index contributed by atoms with van der Waals surface area (Å²) in [6.45, 7) is 3.57. The third-order valence-electron chi connectivity index (χ3n) is 1.41. The fourth-order valence-corrected chi connectivity index (χ4v) is 0.945. The van der Waals surface area contributed by atoms with Crippen LogP contribution < -0.4 is 0 Å². The molecule has 10 heavy (non-hydrogen) atoms. The summed E-state index contributed by atoms with van der Waals surface area (Å²) < 4.78 is 0. The number of carbonyl (C=O) groups is 2. The van der Waals surface area contributed by atoms with Gasteiger partial charge in [0.25, 0.3) is 0 Å². The van der Waals surface area contributed by atoms with E-state index in [2.05, 4.69) is 0 Å². The number of hydrogen-bond acceptors (Lipinski definition) is 2. The Bertz CT molecular complexity index is 118. The first-order chi connectivity index (χ1) is 4.66. The summed E-state index contributed by atoms with van der Waals surface area (Å²) in [5.41, 5.74) is 0. The molecule has 0 rings (SSSR count). The van der Waals surface area contributed by atoms with Crippen molar-refractivity contribution in [1.82, 2.24) is 0 Å². The maximum Gasteiger partial charge on any atom is 0.130 e. The Morgan fingerprint density at radius 3 is 2.60 bits per heavy atom. The standard InChI is InChI=1S/C8H14O2/c1-7(4-3-5-9)6-8(2)10/h5,7H,3-4,6H2,1-2H3/t7-/m0/s1. The molecule has 1 atom stereocenters. The van der Waals surface area contributed by atoms with E-state index in [1.807, 2.05) is 6.92 Å². The van der Waals surface area contributed by atoms with Crippen molar-refractivity contribution in [3.63, 3.8) is 0 Å². The molecule has 0 radical (unpaired) electrons. The summed E-state index contributed by atoms with van der Waals surface area (Å²) in [7, 11) is 0. The summed E-state index contributed by atoms with van der Waals surface area (Å²) >= 11 is 0. The Kier molecular flexibility index (Phi) is 4.81. The average Bonchev–Trinajstić information content (AvgIpc) is 1.82. The molecule has 0 saturated heterocycles. The van der Waals surface area contributed by atoms with Crippen molar-refractivity contribution in [2.45, 2.75) is 33.1 Å². The zero-order valence-corrected chi connectivity index (χ0v) is 6.59. The molecule has 0 heterocycles. The van der Waals surface area contributed by atoms with Gasteiger partial charge in [-0.3, -0.25) is 0 Å². The Balaban J connectivity index is 3.33. The van der Waals surface area contributed by atoms with Crippen LogP contribution >= 0.6 is 0 Å². The van der Waals surface area contributed by atoms with Crippen molar-refractivity contribution in [1.29, 1.82) is 0 Å². The smallest absolute Gasteiger partial charge is 0.130 e. The first-order valence-electron chi connectivity index (χ1n) is 3.60. The molecule has 0 fully saturated rings. The van der Waals surface area contributed by atoms with E-state index in [0.717, 1.165) is 12.7 Å². The van der Waals surface area contributed by atoms with Gasteiger partial charge >= 0.3 is 0 Å². The summed E-state index contributed by atoms with van der Waals surface area (Å²) in [6, 6.07) is 0. The van der Waals surface area contributed by atoms with Crippen molar-refractivity contribution in [2.24, 2.45) is 5.92 Å². The number of hydrogen-bond donors (Lipinski definition) is 0. The summed E-state index contributed by atoms with van der Waals surface area (Å²) in [5, 5.41) is 0. The van der Waals surface area contributed by atoms with Crippen molar-refractivity contribution in [3.8, 4) is 0 Å². The highest BCUT2D eigenvalue weighted by atomic mass is 16.1. The molecule has 0 aromatic carbocycles. The minimum absolute atomic E-state index is 0.207. The Labute approximate surface area is 61.6 Å². The van der Waals surface area contributed by atoms with Gasteiger partial charge in [0.2, 0.25) is 0 Å². The third kappa shape index (κ3) is 5.48. The quantitative estimate of drug-likeness (QED) is 0.546. The molecule has 0 aliphatic rings. The molecule has 0 unspecified atom stereocenters. The molecule has 2 nitrogen and oxygen atoms in total. The zero-order valence-electron chi connectivity index (χ0n) is 6.59. The van der Waals surface area contributed by atoms with Crippen molar-refractivity contribution < 1.29 is 9.59 Å². The van der Waals surface area contributed by atoms with E-state index < -0.39 is 0 Å². The van der Waals surface area contributed by atoms with Crippen LogP contribution in [0.3, 0.4) is 0 Å². The molecule has 2 heteroatoms. The predicted octanol–water partition coefficient (Wildman–Crippen LogP) is 1.58. The second-order valence-electron chi connectivity index (χ2n) is 2.76. The summed E-state index contributed by atoms with van der Waals surface area (Å²) in [4.78, 5) is 20.4. The molecule has 0 N–H and O–H groups in total. The molecule has 0 aromatic rings. The van der Waals surface area contributed by atoms with Crippen LogP contribution in [0.15, 0.2) is 0 Å². The van der Waals surface area contributed by atoms with E-state index in [1.54, 1.807) is 6.92 Å². The number of ketones is 1. The van der Waals surface area contributed by atoms with Crippen LogP contribution in [0.5, 0.6) is 0 Å². The predicted molar refractivity (Wildman–Crippen MR) is 39.8 cm³/mol. The topological polar surface area (TPSA) is 34.1 Å². The minimum atomic E-state index is 0.207. The lowest BCUT2D eigenvalue weighted by molar-refractivity contribution is -0.118. The lowest BCUT2D eigenvalue weighted by Crippen LogP contribution is -2.01. The average molecular weight is 142 g/mol. The number of carbonyl (C=O) groups excluding carboxylic acids is 2. The van der Waals surface area contributed by atoms with Gasteiger partial charge in [0.15, 0.2) is 0 Å². The van der Waals surface area contributed by atoms with E-state index in [9.17, 15) is 9.59 Å². The molecule has 0 bridgehead atoms. The molecule has 0 aliphatic heterocycles. The number of rotatable bonds is 5. The molecular weight excluding hydrogens is 128 g/mol. The number of Topliss-reactive ketones (excluding diaryl/α,β-unsaturated/α-hetero) is 1. The number of aldehydes is 1. The molecule has 0 amide bonds. The van der Waals surface area contributed by atoms with E-state index in [4.69, 9.17) is 0 Å². The van der Waals surface area contributed by atoms with E-state index in [1.165, 1.54) is 0 Å². The second kappa shape index (κ2) is 5.15. The molecule has 0 saturated carbocycles. The van der Waals surface area contributed by atoms with Gasteiger partial charge in [-0.1, -0.05) is 6.92 Å². The minimum Gasteiger partial charge on any atom is -0.303 e. The fraction of sp³-hybridized carbons (Fsp3) is 0.750. The Hall–Kier alpha value is -0.660. The van der Waals surface area contributed by atoms with Gasteiger partial charge in [-0.2, -0.15) is 0 Å². The monoisotopic (exact) mass is 142 g/mol. The van der Waals surface area contributed by atoms with Crippen LogP contribution in [0.2, 0.25) is 0 Å². The lowest BCUT2D eigenvalue weighted by Gasteiger charge is -2.04. The highest BCUT2D eigenvalue weighted by molar-refractivity contribution is 5.75. The van der Waals surface area contributed by atoms with Crippen LogP contribution in [-0.4, -0.2) is 12.1 Å². The molecule has 0 aromatic heterocycles. The summed E-state index contributed by atoms with van der Waals surface area (Å²) in [5.74, 6) is 0.570. The first kappa shape index (κ1) is 9.34. The van der Waals surface area contributed by atoms with Crippen LogP contribution in [0.25, 0.3) is 0 Å². The second-order valence-corrected chi connectivity index (χ2v) is 2.76. The maximum atomic E-state index is 10.5. The van der Waals surface area contributed by atoms with Crippen molar-refractivity contribution >= 4 is 12.1 Å². The highest BCUT2D eigenvalue weighted by Gasteiger charge is 2.03. The maximum absolute atomic E-state index is 10.5. The van der Waals surface area contributed by atoms with Gasteiger partial charge < -0.3 is 9.59 Å². The van der Waals surface area contributed by atoms with Crippen LogP contribution in [0.4, 0.5) is 0 Å². The molecule has 58 valence electrons.